The van der Waals surface area contributed by atoms with Crippen molar-refractivity contribution in [1.29, 1.82) is 0 Å². The summed E-state index contributed by atoms with van der Waals surface area (Å²) in [5, 5.41) is 10.7. The number of nitrogens with zero attached hydrogens (tertiary/aromatic N) is 1. The minimum absolute atomic E-state index is 0.0211. The number of nitro benzene ring substituents is 1. The van der Waals surface area contributed by atoms with Crippen LogP contribution in [0.15, 0.2) is 12.1 Å². The van der Waals surface area contributed by atoms with E-state index < -0.39 is 4.92 Å². The number of benzene rings is 1. The molecule has 0 saturated heterocycles. The van der Waals surface area contributed by atoms with Crippen molar-refractivity contribution in [2.24, 2.45) is 0 Å². The molecule has 76 valence electrons. The summed E-state index contributed by atoms with van der Waals surface area (Å²) >= 11 is 11.3. The number of hydrogen-bond donors (Lipinski definition) is 0. The predicted molar refractivity (Wildman–Crippen MR) is 54.2 cm³/mol. The lowest BCUT2D eigenvalue weighted by atomic mass is 10.2. The first-order valence-corrected chi connectivity index (χ1v) is 4.58. The number of halogens is 2. The van der Waals surface area contributed by atoms with Crippen molar-refractivity contribution < 1.29 is 9.66 Å². The second kappa shape index (κ2) is 4.48. The third-order valence-corrected chi connectivity index (χ3v) is 2.25. The maximum Gasteiger partial charge on any atom is 0.292 e. The third kappa shape index (κ3) is 2.08. The summed E-state index contributed by atoms with van der Waals surface area (Å²) in [7, 11) is 1.45. The Morgan fingerprint density at radius 1 is 1.57 bits per heavy atom. The van der Waals surface area contributed by atoms with Gasteiger partial charge in [-0.05, 0) is 6.07 Å². The first-order valence-electron chi connectivity index (χ1n) is 3.67. The van der Waals surface area contributed by atoms with Gasteiger partial charge in [-0.25, -0.2) is 0 Å². The van der Waals surface area contributed by atoms with Crippen molar-refractivity contribution in [2.75, 3.05) is 7.11 Å². The predicted octanol–water partition coefficient (Wildman–Crippen LogP) is 3.00. The Morgan fingerprint density at radius 3 is 2.64 bits per heavy atom. The number of alkyl halides is 1. The minimum Gasteiger partial charge on any atom is -0.497 e. The molecular weight excluding hydrogens is 229 g/mol. The lowest BCUT2D eigenvalue weighted by molar-refractivity contribution is -0.385. The average molecular weight is 236 g/mol. The first kappa shape index (κ1) is 11.1. The fourth-order valence-electron chi connectivity index (χ4n) is 1.05. The van der Waals surface area contributed by atoms with Crippen LogP contribution >= 0.6 is 23.2 Å². The van der Waals surface area contributed by atoms with E-state index in [2.05, 4.69) is 0 Å². The van der Waals surface area contributed by atoms with E-state index in [4.69, 9.17) is 27.9 Å². The SMILES string of the molecule is COc1cc(Cl)c([N+](=O)[O-])c(CCl)c1. The smallest absolute Gasteiger partial charge is 0.292 e. The van der Waals surface area contributed by atoms with Gasteiger partial charge in [0, 0.05) is 11.6 Å². The summed E-state index contributed by atoms with van der Waals surface area (Å²) in [6.45, 7) is 0. The zero-order valence-electron chi connectivity index (χ0n) is 7.29. The molecular formula is C8H7Cl2NO3. The van der Waals surface area contributed by atoms with Gasteiger partial charge in [-0.1, -0.05) is 11.6 Å². The topological polar surface area (TPSA) is 52.4 Å². The minimum atomic E-state index is -0.556. The number of hydrogen-bond acceptors (Lipinski definition) is 3. The van der Waals surface area contributed by atoms with E-state index in [1.54, 1.807) is 0 Å². The molecule has 4 nitrogen and oxygen atoms in total. The zero-order chi connectivity index (χ0) is 10.7. The zero-order valence-corrected chi connectivity index (χ0v) is 8.80. The standard InChI is InChI=1S/C8H7Cl2NO3/c1-14-6-2-5(4-9)8(11(12)13)7(10)3-6/h2-3H,4H2,1H3. The molecule has 0 atom stereocenters. The molecule has 1 aromatic carbocycles. The summed E-state index contributed by atoms with van der Waals surface area (Å²) in [6, 6.07) is 2.88. The summed E-state index contributed by atoms with van der Waals surface area (Å²) in [6.07, 6.45) is 0. The van der Waals surface area contributed by atoms with Crippen molar-refractivity contribution in [2.45, 2.75) is 5.88 Å². The number of rotatable bonds is 3. The summed E-state index contributed by atoms with van der Waals surface area (Å²) in [5.74, 6) is 0.476. The highest BCUT2D eigenvalue weighted by Gasteiger charge is 2.19. The van der Waals surface area contributed by atoms with Gasteiger partial charge in [0.1, 0.15) is 10.8 Å². The van der Waals surface area contributed by atoms with Gasteiger partial charge >= 0.3 is 0 Å². The van der Waals surface area contributed by atoms with Crippen LogP contribution in [-0.4, -0.2) is 12.0 Å². The highest BCUT2D eigenvalue weighted by molar-refractivity contribution is 6.33. The molecule has 0 radical (unpaired) electrons. The van der Waals surface area contributed by atoms with Gasteiger partial charge in [0.15, 0.2) is 0 Å². The van der Waals surface area contributed by atoms with Crippen LogP contribution in [0.3, 0.4) is 0 Å². The van der Waals surface area contributed by atoms with Gasteiger partial charge in [-0.2, -0.15) is 0 Å². The Morgan fingerprint density at radius 2 is 2.21 bits per heavy atom. The van der Waals surface area contributed by atoms with E-state index in [1.807, 2.05) is 0 Å². The molecule has 0 N–H and O–H groups in total. The Bertz CT molecular complexity index is 368. The Hall–Kier alpha value is -1.00. The van der Waals surface area contributed by atoms with E-state index in [9.17, 15) is 10.1 Å². The van der Waals surface area contributed by atoms with Crippen LogP contribution in [0.5, 0.6) is 5.75 Å². The van der Waals surface area contributed by atoms with Crippen LogP contribution in [0.1, 0.15) is 5.56 Å². The third-order valence-electron chi connectivity index (χ3n) is 1.68. The summed E-state index contributed by atoms with van der Waals surface area (Å²) < 4.78 is 4.91. The van der Waals surface area contributed by atoms with E-state index in [0.717, 1.165) is 0 Å². The van der Waals surface area contributed by atoms with Gasteiger partial charge in [-0.3, -0.25) is 10.1 Å². The largest absolute Gasteiger partial charge is 0.497 e. The van der Waals surface area contributed by atoms with Crippen molar-refractivity contribution in [1.82, 2.24) is 0 Å². The van der Waals surface area contributed by atoms with Gasteiger partial charge < -0.3 is 4.74 Å². The molecule has 0 aliphatic carbocycles. The molecule has 0 aliphatic heterocycles. The molecule has 0 fully saturated rings. The lowest BCUT2D eigenvalue weighted by Gasteiger charge is -2.04. The Kier molecular flexibility index (Phi) is 3.55. The van der Waals surface area contributed by atoms with Crippen molar-refractivity contribution in [3.63, 3.8) is 0 Å². The van der Waals surface area contributed by atoms with Crippen LogP contribution in [0.4, 0.5) is 5.69 Å². The van der Waals surface area contributed by atoms with Crippen LogP contribution in [0, 0.1) is 10.1 Å². The number of ether oxygens (including phenoxy) is 1. The highest BCUT2D eigenvalue weighted by atomic mass is 35.5. The number of methoxy groups -OCH3 is 1. The monoisotopic (exact) mass is 235 g/mol. The molecule has 0 aromatic heterocycles. The molecule has 0 heterocycles. The lowest BCUT2D eigenvalue weighted by Crippen LogP contribution is -1.96. The average Bonchev–Trinajstić information content (AvgIpc) is 2.15. The van der Waals surface area contributed by atoms with Crippen molar-refractivity contribution in [3.8, 4) is 5.75 Å². The van der Waals surface area contributed by atoms with Crippen LogP contribution in [0.2, 0.25) is 5.02 Å². The molecule has 6 heteroatoms. The van der Waals surface area contributed by atoms with Crippen LogP contribution in [-0.2, 0) is 5.88 Å². The van der Waals surface area contributed by atoms with Gasteiger partial charge in [0.05, 0.1) is 17.9 Å². The van der Waals surface area contributed by atoms with E-state index in [-0.39, 0.29) is 16.6 Å². The van der Waals surface area contributed by atoms with Crippen molar-refractivity contribution in [3.05, 3.63) is 32.8 Å². The molecule has 0 saturated carbocycles. The van der Waals surface area contributed by atoms with E-state index in [1.165, 1.54) is 19.2 Å². The molecule has 14 heavy (non-hydrogen) atoms. The fraction of sp³-hybridized carbons (Fsp3) is 0.250. The maximum absolute atomic E-state index is 10.6. The van der Waals surface area contributed by atoms with Crippen molar-refractivity contribution >= 4 is 28.9 Å². The van der Waals surface area contributed by atoms with Gasteiger partial charge in [-0.15, -0.1) is 11.6 Å². The van der Waals surface area contributed by atoms with Crippen LogP contribution in [0.25, 0.3) is 0 Å². The second-order valence-electron chi connectivity index (χ2n) is 2.51. The molecule has 1 rings (SSSR count). The Balaban J connectivity index is 3.34. The summed E-state index contributed by atoms with van der Waals surface area (Å²) in [4.78, 5) is 10.1. The summed E-state index contributed by atoms with van der Waals surface area (Å²) in [5.41, 5.74) is 0.184. The fourth-order valence-corrected chi connectivity index (χ4v) is 1.55. The molecule has 1 aromatic rings. The molecule has 0 unspecified atom stereocenters. The quantitative estimate of drug-likeness (QED) is 0.460. The molecule has 0 aliphatic rings. The van der Waals surface area contributed by atoms with E-state index >= 15 is 0 Å². The second-order valence-corrected chi connectivity index (χ2v) is 3.18. The Labute approximate surface area is 90.5 Å². The van der Waals surface area contributed by atoms with Crippen LogP contribution < -0.4 is 4.74 Å². The number of nitro groups is 1. The molecule has 0 bridgehead atoms. The normalized spacial score (nSPS) is 9.93. The molecule has 0 amide bonds. The molecule has 0 spiro atoms. The van der Waals surface area contributed by atoms with Gasteiger partial charge in [0.2, 0.25) is 0 Å². The maximum atomic E-state index is 10.6. The van der Waals surface area contributed by atoms with Gasteiger partial charge in [0.25, 0.3) is 5.69 Å². The van der Waals surface area contributed by atoms with E-state index in [0.29, 0.717) is 11.3 Å². The first-order chi connectivity index (χ1) is 6.60. The highest BCUT2D eigenvalue weighted by Crippen LogP contribution is 2.33.